The van der Waals surface area contributed by atoms with Crippen LogP contribution in [-0.2, 0) is 0 Å². The first-order chi connectivity index (χ1) is 7.50. The van der Waals surface area contributed by atoms with Crippen molar-refractivity contribution < 1.29 is 14.8 Å². The SMILES string of the molecule is CC(O)CCOc1ccc([N+](=O)[O-])c(Cl)c1. The van der Waals surface area contributed by atoms with Gasteiger partial charge in [0.15, 0.2) is 0 Å². The fourth-order valence-corrected chi connectivity index (χ4v) is 1.31. The number of rotatable bonds is 5. The monoisotopic (exact) mass is 245 g/mol. The Kier molecular flexibility index (Phi) is 4.52. The number of hydrogen-bond acceptors (Lipinski definition) is 4. The third-order valence-corrected chi connectivity index (χ3v) is 2.22. The molecular weight excluding hydrogens is 234 g/mol. The molecule has 1 aromatic carbocycles. The average molecular weight is 246 g/mol. The quantitative estimate of drug-likeness (QED) is 0.639. The maximum Gasteiger partial charge on any atom is 0.288 e. The van der Waals surface area contributed by atoms with Crippen molar-refractivity contribution in [3.05, 3.63) is 33.3 Å². The molecule has 0 aliphatic carbocycles. The fraction of sp³-hybridized carbons (Fsp3) is 0.400. The summed E-state index contributed by atoms with van der Waals surface area (Å²) in [5.41, 5.74) is -0.149. The minimum Gasteiger partial charge on any atom is -0.493 e. The second-order valence-corrected chi connectivity index (χ2v) is 3.76. The van der Waals surface area contributed by atoms with Crippen molar-refractivity contribution in [3.63, 3.8) is 0 Å². The van der Waals surface area contributed by atoms with E-state index < -0.39 is 11.0 Å². The van der Waals surface area contributed by atoms with Crippen LogP contribution in [0.2, 0.25) is 5.02 Å². The van der Waals surface area contributed by atoms with E-state index in [1.54, 1.807) is 6.92 Å². The van der Waals surface area contributed by atoms with Gasteiger partial charge in [-0.25, -0.2) is 0 Å². The maximum atomic E-state index is 10.5. The Morgan fingerprint density at radius 2 is 2.31 bits per heavy atom. The van der Waals surface area contributed by atoms with Crippen molar-refractivity contribution in [2.45, 2.75) is 19.4 Å². The van der Waals surface area contributed by atoms with Crippen LogP contribution in [-0.4, -0.2) is 22.7 Å². The van der Waals surface area contributed by atoms with E-state index in [4.69, 9.17) is 21.4 Å². The topological polar surface area (TPSA) is 72.6 Å². The summed E-state index contributed by atoms with van der Waals surface area (Å²) in [5, 5.41) is 19.5. The highest BCUT2D eigenvalue weighted by Crippen LogP contribution is 2.28. The van der Waals surface area contributed by atoms with Crippen LogP contribution < -0.4 is 4.74 Å². The molecule has 0 saturated carbocycles. The number of aliphatic hydroxyl groups excluding tert-OH is 1. The van der Waals surface area contributed by atoms with Crippen molar-refractivity contribution >= 4 is 17.3 Å². The highest BCUT2D eigenvalue weighted by molar-refractivity contribution is 6.32. The van der Waals surface area contributed by atoms with Gasteiger partial charge in [-0.1, -0.05) is 11.6 Å². The zero-order valence-electron chi connectivity index (χ0n) is 8.72. The predicted molar refractivity (Wildman–Crippen MR) is 59.9 cm³/mol. The third kappa shape index (κ3) is 3.67. The molecule has 1 atom stereocenters. The number of nitro benzene ring substituents is 1. The number of ether oxygens (including phenoxy) is 1. The molecule has 0 aliphatic rings. The summed E-state index contributed by atoms with van der Waals surface area (Å²) in [4.78, 5) is 9.93. The number of hydrogen-bond donors (Lipinski definition) is 1. The molecule has 1 rings (SSSR count). The Morgan fingerprint density at radius 1 is 1.62 bits per heavy atom. The van der Waals surface area contributed by atoms with E-state index in [-0.39, 0.29) is 10.7 Å². The fourth-order valence-electron chi connectivity index (χ4n) is 1.07. The standard InChI is InChI=1S/C10H12ClNO4/c1-7(13)4-5-16-8-2-3-10(12(14)15)9(11)6-8/h2-3,6-7,13H,4-5H2,1H3. The average Bonchev–Trinajstić information content (AvgIpc) is 2.16. The van der Waals surface area contributed by atoms with Gasteiger partial charge in [0.1, 0.15) is 10.8 Å². The molecule has 5 nitrogen and oxygen atoms in total. The molecule has 0 radical (unpaired) electrons. The van der Waals surface area contributed by atoms with E-state index in [9.17, 15) is 10.1 Å². The lowest BCUT2D eigenvalue weighted by Crippen LogP contribution is -2.07. The lowest BCUT2D eigenvalue weighted by molar-refractivity contribution is -0.384. The van der Waals surface area contributed by atoms with Gasteiger partial charge < -0.3 is 9.84 Å². The van der Waals surface area contributed by atoms with Gasteiger partial charge in [-0.15, -0.1) is 0 Å². The van der Waals surface area contributed by atoms with Crippen LogP contribution in [0.1, 0.15) is 13.3 Å². The van der Waals surface area contributed by atoms with Gasteiger partial charge in [-0.3, -0.25) is 10.1 Å². The van der Waals surface area contributed by atoms with Crippen LogP contribution in [0, 0.1) is 10.1 Å². The Hall–Kier alpha value is -1.33. The minimum absolute atomic E-state index is 0.0412. The van der Waals surface area contributed by atoms with Crippen molar-refractivity contribution in [2.24, 2.45) is 0 Å². The van der Waals surface area contributed by atoms with Crippen LogP contribution in [0.5, 0.6) is 5.75 Å². The van der Waals surface area contributed by atoms with Gasteiger partial charge in [0.25, 0.3) is 5.69 Å². The van der Waals surface area contributed by atoms with E-state index in [0.717, 1.165) is 0 Å². The minimum atomic E-state index is -0.554. The lowest BCUT2D eigenvalue weighted by atomic mass is 10.3. The van der Waals surface area contributed by atoms with Crippen LogP contribution in [0.3, 0.4) is 0 Å². The summed E-state index contributed by atoms with van der Waals surface area (Å²) in [5.74, 6) is 0.455. The number of nitrogens with zero attached hydrogens (tertiary/aromatic N) is 1. The molecule has 6 heteroatoms. The Labute approximate surface area is 97.8 Å². The molecule has 0 aromatic heterocycles. The van der Waals surface area contributed by atoms with Gasteiger partial charge >= 0.3 is 0 Å². The normalized spacial score (nSPS) is 12.2. The summed E-state index contributed by atoms with van der Waals surface area (Å²) in [6.45, 7) is 2.00. The van der Waals surface area contributed by atoms with Crippen LogP contribution in [0.4, 0.5) is 5.69 Å². The Bertz CT molecular complexity index is 381. The van der Waals surface area contributed by atoms with Gasteiger partial charge in [-0.2, -0.15) is 0 Å². The van der Waals surface area contributed by atoms with E-state index in [2.05, 4.69) is 0 Å². The molecule has 0 bridgehead atoms. The highest BCUT2D eigenvalue weighted by Gasteiger charge is 2.12. The Morgan fingerprint density at radius 3 is 2.81 bits per heavy atom. The zero-order valence-corrected chi connectivity index (χ0v) is 9.48. The molecular formula is C10H12ClNO4. The third-order valence-electron chi connectivity index (χ3n) is 1.92. The maximum absolute atomic E-state index is 10.5. The zero-order chi connectivity index (χ0) is 12.1. The van der Waals surface area contributed by atoms with Crippen molar-refractivity contribution in [2.75, 3.05) is 6.61 Å². The smallest absolute Gasteiger partial charge is 0.288 e. The van der Waals surface area contributed by atoms with E-state index in [0.29, 0.717) is 18.8 Å². The molecule has 0 amide bonds. The van der Waals surface area contributed by atoms with Crippen molar-refractivity contribution in [1.82, 2.24) is 0 Å². The molecule has 0 saturated heterocycles. The summed E-state index contributed by atoms with van der Waals surface area (Å²) < 4.78 is 5.27. The van der Waals surface area contributed by atoms with Crippen LogP contribution in [0.15, 0.2) is 18.2 Å². The van der Waals surface area contributed by atoms with Gasteiger partial charge in [0.05, 0.1) is 17.6 Å². The van der Waals surface area contributed by atoms with Crippen molar-refractivity contribution in [1.29, 1.82) is 0 Å². The molecule has 16 heavy (non-hydrogen) atoms. The largest absolute Gasteiger partial charge is 0.493 e. The summed E-state index contributed by atoms with van der Waals surface area (Å²) in [6, 6.07) is 4.16. The van der Waals surface area contributed by atoms with E-state index >= 15 is 0 Å². The van der Waals surface area contributed by atoms with Gasteiger partial charge in [0, 0.05) is 18.6 Å². The van der Waals surface area contributed by atoms with Gasteiger partial charge in [0.2, 0.25) is 0 Å². The molecule has 0 fully saturated rings. The number of aliphatic hydroxyl groups is 1. The number of benzene rings is 1. The highest BCUT2D eigenvalue weighted by atomic mass is 35.5. The first kappa shape index (κ1) is 12.7. The molecule has 1 N–H and O–H groups in total. The first-order valence-electron chi connectivity index (χ1n) is 4.75. The van der Waals surface area contributed by atoms with E-state index in [1.807, 2.05) is 0 Å². The molecule has 0 aliphatic heterocycles. The molecule has 88 valence electrons. The van der Waals surface area contributed by atoms with Crippen LogP contribution >= 0.6 is 11.6 Å². The summed E-state index contributed by atoms with van der Waals surface area (Å²) in [7, 11) is 0. The number of halogens is 1. The van der Waals surface area contributed by atoms with E-state index in [1.165, 1.54) is 18.2 Å². The molecule has 0 heterocycles. The summed E-state index contributed by atoms with van der Waals surface area (Å²) >= 11 is 5.69. The molecule has 1 aromatic rings. The lowest BCUT2D eigenvalue weighted by Gasteiger charge is -2.07. The number of nitro groups is 1. The molecule has 0 spiro atoms. The van der Waals surface area contributed by atoms with Gasteiger partial charge in [-0.05, 0) is 13.0 Å². The Balaban J connectivity index is 2.63. The summed E-state index contributed by atoms with van der Waals surface area (Å²) in [6.07, 6.45) is 0.0581. The first-order valence-corrected chi connectivity index (χ1v) is 5.13. The van der Waals surface area contributed by atoms with Crippen LogP contribution in [0.25, 0.3) is 0 Å². The predicted octanol–water partition coefficient (Wildman–Crippen LogP) is 2.40. The second-order valence-electron chi connectivity index (χ2n) is 3.36. The second kappa shape index (κ2) is 5.67. The molecule has 1 unspecified atom stereocenters. The van der Waals surface area contributed by atoms with Crippen molar-refractivity contribution in [3.8, 4) is 5.75 Å².